The van der Waals surface area contributed by atoms with Crippen LogP contribution in [0.5, 0.6) is 5.75 Å². The Morgan fingerprint density at radius 3 is 2.91 bits per heavy atom. The minimum Gasteiger partial charge on any atom is -0.497 e. The van der Waals surface area contributed by atoms with E-state index in [-0.39, 0.29) is 35.7 Å². The van der Waals surface area contributed by atoms with E-state index in [4.69, 9.17) is 13.9 Å². The fourth-order valence-corrected chi connectivity index (χ4v) is 4.54. The number of carbonyl (C=O) groups excluding carboxylic acids is 3. The molecule has 2 saturated heterocycles. The minimum atomic E-state index is -1.41. The maximum Gasteiger partial charge on any atom is 0.269 e. The van der Waals surface area contributed by atoms with Crippen molar-refractivity contribution in [2.45, 2.75) is 24.5 Å². The number of hydrogen-bond acceptors (Lipinski definition) is 8. The normalized spacial score (nSPS) is 25.1. The summed E-state index contributed by atoms with van der Waals surface area (Å²) in [5.41, 5.74) is 1.03. The predicted molar refractivity (Wildman–Crippen MR) is 117 cm³/mol. The summed E-state index contributed by atoms with van der Waals surface area (Å²) in [4.78, 5) is 44.5. The molecule has 2 aromatic heterocycles. The Kier molecular flexibility index (Phi) is 4.41. The van der Waals surface area contributed by atoms with E-state index < -0.39 is 18.0 Å². The molecule has 3 aliphatic heterocycles. The second kappa shape index (κ2) is 7.27. The van der Waals surface area contributed by atoms with Gasteiger partial charge in [0, 0.05) is 25.2 Å². The molecule has 5 heterocycles. The van der Waals surface area contributed by atoms with Gasteiger partial charge < -0.3 is 29.4 Å². The van der Waals surface area contributed by atoms with Crippen molar-refractivity contribution < 1.29 is 28.3 Å². The van der Waals surface area contributed by atoms with Crippen molar-refractivity contribution in [2.75, 3.05) is 20.7 Å². The third-order valence-electron chi connectivity index (χ3n) is 6.42. The summed E-state index contributed by atoms with van der Waals surface area (Å²) >= 11 is 0. The molecule has 34 heavy (non-hydrogen) atoms. The van der Waals surface area contributed by atoms with Gasteiger partial charge in [0.2, 0.25) is 0 Å². The van der Waals surface area contributed by atoms with E-state index in [1.165, 1.54) is 7.05 Å². The molecule has 0 saturated carbocycles. The largest absolute Gasteiger partial charge is 0.497 e. The van der Waals surface area contributed by atoms with Crippen LogP contribution in [0.2, 0.25) is 0 Å². The lowest BCUT2D eigenvalue weighted by Gasteiger charge is -2.36. The molecule has 0 radical (unpaired) electrons. The van der Waals surface area contributed by atoms with Crippen LogP contribution in [0.1, 0.15) is 32.2 Å². The van der Waals surface area contributed by atoms with Gasteiger partial charge in [-0.3, -0.25) is 19.7 Å². The number of hydrogen-bond donors (Lipinski definition) is 3. The second-order valence-electron chi connectivity index (χ2n) is 8.45. The van der Waals surface area contributed by atoms with Crippen LogP contribution in [0.4, 0.5) is 0 Å². The highest BCUT2D eigenvalue weighted by Gasteiger charge is 2.59. The number of benzene rings is 1. The highest BCUT2D eigenvalue weighted by atomic mass is 16.6. The molecular formula is C23H21N5O6. The van der Waals surface area contributed by atoms with E-state index in [0.29, 0.717) is 29.0 Å². The van der Waals surface area contributed by atoms with E-state index in [1.54, 1.807) is 42.3 Å². The molecule has 0 bridgehead atoms. The monoisotopic (exact) mass is 463 g/mol. The first-order valence-electron chi connectivity index (χ1n) is 10.8. The van der Waals surface area contributed by atoms with E-state index in [9.17, 15) is 14.4 Å². The Labute approximate surface area is 193 Å². The Balaban J connectivity index is 1.39. The summed E-state index contributed by atoms with van der Waals surface area (Å²) in [6.07, 6.45) is -0.820. The number of ether oxygens (including phenoxy) is 2. The molecule has 3 aromatic rings. The molecule has 3 atom stereocenters. The van der Waals surface area contributed by atoms with Gasteiger partial charge in [0.05, 0.1) is 13.7 Å². The zero-order valence-electron chi connectivity index (χ0n) is 18.4. The topological polar surface area (TPSA) is 138 Å². The summed E-state index contributed by atoms with van der Waals surface area (Å²) in [6.45, 7) is 0.340. The fraction of sp³-hybridized carbons (Fsp3) is 0.304. The van der Waals surface area contributed by atoms with Crippen LogP contribution >= 0.6 is 0 Å². The van der Waals surface area contributed by atoms with Gasteiger partial charge in [0.15, 0.2) is 23.6 Å². The number of epoxide rings is 1. The molecule has 2 fully saturated rings. The SMILES string of the molecule is CNC(=O)c1ccc2oc([C@]3(CN4Cc5ccc(OC)cc5C4=O)NC4OC4NC3=O)cc2n1. The second-order valence-corrected chi connectivity index (χ2v) is 8.45. The van der Waals surface area contributed by atoms with Crippen LogP contribution in [0.25, 0.3) is 11.1 Å². The molecule has 1 aromatic carbocycles. The predicted octanol–water partition coefficient (Wildman–Crippen LogP) is 0.449. The molecule has 6 rings (SSSR count). The van der Waals surface area contributed by atoms with Gasteiger partial charge in [0.1, 0.15) is 22.7 Å². The van der Waals surface area contributed by atoms with E-state index in [2.05, 4.69) is 20.9 Å². The quantitative estimate of drug-likeness (QED) is 0.464. The highest BCUT2D eigenvalue weighted by molar-refractivity contribution is 6.00. The molecule has 3 N–H and O–H groups in total. The summed E-state index contributed by atoms with van der Waals surface area (Å²) < 4.78 is 16.8. The number of aromatic nitrogens is 1. The lowest BCUT2D eigenvalue weighted by Crippen LogP contribution is -2.65. The van der Waals surface area contributed by atoms with Crippen molar-refractivity contribution in [3.05, 3.63) is 59.0 Å². The van der Waals surface area contributed by atoms with Crippen molar-refractivity contribution in [1.82, 2.24) is 25.8 Å². The lowest BCUT2D eigenvalue weighted by molar-refractivity contribution is -0.131. The third kappa shape index (κ3) is 3.05. The van der Waals surface area contributed by atoms with Gasteiger partial charge in [-0.15, -0.1) is 0 Å². The summed E-state index contributed by atoms with van der Waals surface area (Å²) in [5, 5.41) is 8.58. The molecular weight excluding hydrogens is 442 g/mol. The molecule has 174 valence electrons. The average Bonchev–Trinajstić information content (AvgIpc) is 3.32. The van der Waals surface area contributed by atoms with E-state index in [1.807, 2.05) is 6.07 Å². The summed E-state index contributed by atoms with van der Waals surface area (Å²) in [6, 6.07) is 10.1. The van der Waals surface area contributed by atoms with Crippen LogP contribution in [0.15, 0.2) is 40.8 Å². The number of nitrogens with zero attached hydrogens (tertiary/aromatic N) is 2. The van der Waals surface area contributed by atoms with Gasteiger partial charge in [-0.2, -0.15) is 0 Å². The van der Waals surface area contributed by atoms with Crippen molar-refractivity contribution in [2.24, 2.45) is 0 Å². The molecule has 0 aliphatic carbocycles. The zero-order chi connectivity index (χ0) is 23.6. The third-order valence-corrected chi connectivity index (χ3v) is 6.42. The standard InChI is InChI=1S/C23H21N5O6/c1-24-18(29)14-5-6-16-15(25-14)8-17(33-16)23(22(31)26-19-20(27-23)34-19)10-28-9-11-3-4-12(32-2)7-13(11)21(28)30/h3-8,19-20,27H,9-10H2,1-2H3,(H,24,29)(H,26,31)/t19?,20?,23-/m0/s1. The number of rotatable bonds is 5. The Morgan fingerprint density at radius 1 is 1.26 bits per heavy atom. The highest BCUT2D eigenvalue weighted by Crippen LogP contribution is 2.38. The van der Waals surface area contributed by atoms with Gasteiger partial charge >= 0.3 is 0 Å². The fourth-order valence-electron chi connectivity index (χ4n) is 4.54. The van der Waals surface area contributed by atoms with Crippen LogP contribution in [0.3, 0.4) is 0 Å². The van der Waals surface area contributed by atoms with Crippen molar-refractivity contribution in [3.8, 4) is 5.75 Å². The number of fused-ring (bicyclic) bond motifs is 3. The summed E-state index contributed by atoms with van der Waals surface area (Å²) in [7, 11) is 3.06. The molecule has 11 nitrogen and oxygen atoms in total. The van der Waals surface area contributed by atoms with Gasteiger partial charge in [-0.05, 0) is 29.8 Å². The molecule has 3 aliphatic rings. The van der Waals surface area contributed by atoms with E-state index in [0.717, 1.165) is 5.56 Å². The number of nitrogens with one attached hydrogen (secondary N) is 3. The Hall–Kier alpha value is -3.96. The molecule has 3 amide bonds. The number of carbonyl (C=O) groups is 3. The number of piperazine rings is 1. The lowest BCUT2D eigenvalue weighted by atomic mass is 9.92. The van der Waals surface area contributed by atoms with Crippen LogP contribution in [-0.4, -0.2) is 60.8 Å². The number of furan rings is 1. The molecule has 0 spiro atoms. The number of pyridine rings is 1. The van der Waals surface area contributed by atoms with Crippen molar-refractivity contribution in [1.29, 1.82) is 0 Å². The maximum atomic E-state index is 13.4. The zero-order valence-corrected chi connectivity index (χ0v) is 18.4. The van der Waals surface area contributed by atoms with Crippen LogP contribution < -0.4 is 20.7 Å². The van der Waals surface area contributed by atoms with Gasteiger partial charge in [0.25, 0.3) is 17.7 Å². The average molecular weight is 463 g/mol. The first-order chi connectivity index (χ1) is 16.4. The Morgan fingerprint density at radius 2 is 2.12 bits per heavy atom. The van der Waals surface area contributed by atoms with E-state index >= 15 is 0 Å². The summed E-state index contributed by atoms with van der Waals surface area (Å²) in [5.74, 6) is -0.0625. The first-order valence-corrected chi connectivity index (χ1v) is 10.8. The first kappa shape index (κ1) is 20.6. The van der Waals surface area contributed by atoms with Gasteiger partial charge in [-0.25, -0.2) is 4.98 Å². The van der Waals surface area contributed by atoms with Crippen LogP contribution in [0, 0.1) is 0 Å². The smallest absolute Gasteiger partial charge is 0.269 e. The Bertz CT molecular complexity index is 1370. The molecule has 11 heteroatoms. The van der Waals surface area contributed by atoms with Gasteiger partial charge in [-0.1, -0.05) is 6.07 Å². The maximum absolute atomic E-state index is 13.4. The van der Waals surface area contributed by atoms with Crippen LogP contribution in [-0.2, 0) is 21.6 Å². The number of methoxy groups -OCH3 is 1. The van der Waals surface area contributed by atoms with Crippen molar-refractivity contribution >= 4 is 28.8 Å². The van der Waals surface area contributed by atoms with Crippen molar-refractivity contribution in [3.63, 3.8) is 0 Å². The minimum absolute atomic E-state index is 0.00334. The molecule has 2 unspecified atom stereocenters. The number of amides is 3.